The maximum atomic E-state index is 12.1. The Morgan fingerprint density at radius 2 is 1.79 bits per heavy atom. The van der Waals surface area contributed by atoms with Crippen LogP contribution in [0.25, 0.3) is 0 Å². The molecular formula is C14H20N2O3. The Hall–Kier alpha value is -1.88. The largest absolute Gasteiger partial charge is 0.389 e. The molecule has 2 N–H and O–H groups in total. The molecule has 0 aliphatic rings. The molecule has 2 amide bonds. The summed E-state index contributed by atoms with van der Waals surface area (Å²) in [5.74, 6) is -0.324. The maximum Gasteiger partial charge on any atom is 0.253 e. The van der Waals surface area contributed by atoms with Crippen molar-refractivity contribution in [3.05, 3.63) is 29.8 Å². The quantitative estimate of drug-likeness (QED) is 0.865. The average molecular weight is 264 g/mol. The van der Waals surface area contributed by atoms with Crippen LogP contribution in [0.4, 0.5) is 5.69 Å². The average Bonchev–Trinajstić information content (AvgIpc) is 2.26. The number of nitrogens with zero attached hydrogens (tertiary/aromatic N) is 1. The molecule has 5 nitrogen and oxygen atoms in total. The van der Waals surface area contributed by atoms with Crippen LogP contribution in [-0.2, 0) is 4.79 Å². The Morgan fingerprint density at radius 1 is 1.26 bits per heavy atom. The van der Waals surface area contributed by atoms with Gasteiger partial charge in [-0.15, -0.1) is 0 Å². The van der Waals surface area contributed by atoms with Gasteiger partial charge in [-0.2, -0.15) is 0 Å². The fraction of sp³-hybridized carbons (Fsp3) is 0.429. The number of amides is 2. The Bertz CT molecular complexity index is 461. The van der Waals surface area contributed by atoms with E-state index in [1.165, 1.54) is 11.8 Å². The van der Waals surface area contributed by atoms with E-state index in [0.717, 1.165) is 0 Å². The molecule has 0 aromatic heterocycles. The van der Waals surface area contributed by atoms with Crippen LogP contribution in [0.2, 0.25) is 0 Å². The van der Waals surface area contributed by atoms with E-state index in [0.29, 0.717) is 11.3 Å². The standard InChI is InChI=1S/C14H20N2O3/c1-10(17)15-12-7-5-11(6-8-12)13(18)16(4)9-14(2,3)19/h5-8,19H,9H2,1-4H3,(H,15,17). The molecule has 1 aromatic carbocycles. The summed E-state index contributed by atoms with van der Waals surface area (Å²) < 4.78 is 0. The predicted octanol–water partition coefficient (Wildman–Crippen LogP) is 1.49. The van der Waals surface area contributed by atoms with E-state index in [1.807, 2.05) is 0 Å². The molecule has 0 saturated carbocycles. The predicted molar refractivity (Wildman–Crippen MR) is 74.0 cm³/mol. The van der Waals surface area contributed by atoms with Crippen molar-refractivity contribution in [3.8, 4) is 0 Å². The lowest BCUT2D eigenvalue weighted by Crippen LogP contribution is -2.39. The number of carbonyl (C=O) groups is 2. The highest BCUT2D eigenvalue weighted by atomic mass is 16.3. The van der Waals surface area contributed by atoms with Gasteiger partial charge in [0.1, 0.15) is 0 Å². The van der Waals surface area contributed by atoms with E-state index in [2.05, 4.69) is 5.32 Å². The smallest absolute Gasteiger partial charge is 0.253 e. The van der Waals surface area contributed by atoms with Gasteiger partial charge < -0.3 is 15.3 Å². The third kappa shape index (κ3) is 5.09. The van der Waals surface area contributed by atoms with Gasteiger partial charge in [-0.05, 0) is 38.1 Å². The van der Waals surface area contributed by atoms with Crippen molar-refractivity contribution in [2.75, 3.05) is 18.9 Å². The second kappa shape index (κ2) is 5.84. The summed E-state index contributed by atoms with van der Waals surface area (Å²) in [6.07, 6.45) is 0. The van der Waals surface area contributed by atoms with Gasteiger partial charge >= 0.3 is 0 Å². The maximum absolute atomic E-state index is 12.1. The van der Waals surface area contributed by atoms with Crippen molar-refractivity contribution >= 4 is 17.5 Å². The molecule has 0 fully saturated rings. The van der Waals surface area contributed by atoms with Crippen LogP contribution in [0.5, 0.6) is 0 Å². The van der Waals surface area contributed by atoms with Crippen LogP contribution in [0.15, 0.2) is 24.3 Å². The summed E-state index contributed by atoms with van der Waals surface area (Å²) in [4.78, 5) is 24.4. The van der Waals surface area contributed by atoms with Gasteiger partial charge in [0.05, 0.1) is 5.60 Å². The molecular weight excluding hydrogens is 244 g/mol. The van der Waals surface area contributed by atoms with E-state index < -0.39 is 5.60 Å². The second-order valence-electron chi connectivity index (χ2n) is 5.23. The van der Waals surface area contributed by atoms with Gasteiger partial charge in [0.15, 0.2) is 0 Å². The van der Waals surface area contributed by atoms with Crippen LogP contribution < -0.4 is 5.32 Å². The molecule has 0 bridgehead atoms. The fourth-order valence-corrected chi connectivity index (χ4v) is 1.77. The molecule has 1 aromatic rings. The third-order valence-corrected chi connectivity index (χ3v) is 2.42. The van der Waals surface area contributed by atoms with Crippen molar-refractivity contribution in [2.24, 2.45) is 0 Å². The Labute approximate surface area is 113 Å². The molecule has 0 saturated heterocycles. The van der Waals surface area contributed by atoms with E-state index in [9.17, 15) is 14.7 Å². The molecule has 0 aliphatic heterocycles. The number of likely N-dealkylation sites (N-methyl/N-ethyl adjacent to an activating group) is 1. The number of aliphatic hydroxyl groups is 1. The van der Waals surface area contributed by atoms with Crippen LogP contribution in [0.1, 0.15) is 31.1 Å². The van der Waals surface area contributed by atoms with E-state index >= 15 is 0 Å². The van der Waals surface area contributed by atoms with Crippen molar-refractivity contribution in [1.29, 1.82) is 0 Å². The van der Waals surface area contributed by atoms with E-state index in [-0.39, 0.29) is 18.4 Å². The van der Waals surface area contributed by atoms with Crippen LogP contribution in [0, 0.1) is 0 Å². The van der Waals surface area contributed by atoms with Gasteiger partial charge in [0.2, 0.25) is 5.91 Å². The molecule has 1 rings (SSSR count). The number of rotatable bonds is 4. The van der Waals surface area contributed by atoms with Gasteiger partial charge in [-0.3, -0.25) is 9.59 Å². The summed E-state index contributed by atoms with van der Waals surface area (Å²) in [6, 6.07) is 6.64. The zero-order valence-corrected chi connectivity index (χ0v) is 11.7. The first-order valence-electron chi connectivity index (χ1n) is 6.04. The first-order valence-corrected chi connectivity index (χ1v) is 6.04. The molecule has 0 spiro atoms. The van der Waals surface area contributed by atoms with Crippen LogP contribution in [0.3, 0.4) is 0 Å². The summed E-state index contributed by atoms with van der Waals surface area (Å²) in [5.41, 5.74) is 0.232. The van der Waals surface area contributed by atoms with Crippen LogP contribution in [-0.4, -0.2) is 41.0 Å². The summed E-state index contributed by atoms with van der Waals surface area (Å²) in [6.45, 7) is 4.97. The minimum atomic E-state index is -0.930. The zero-order valence-electron chi connectivity index (χ0n) is 11.7. The van der Waals surface area contributed by atoms with E-state index in [4.69, 9.17) is 0 Å². The SMILES string of the molecule is CC(=O)Nc1ccc(C(=O)N(C)CC(C)(C)O)cc1. The minimum absolute atomic E-state index is 0.154. The molecule has 0 atom stereocenters. The lowest BCUT2D eigenvalue weighted by molar-refractivity contribution is -0.114. The third-order valence-electron chi connectivity index (χ3n) is 2.42. The number of hydrogen-bond donors (Lipinski definition) is 2. The van der Waals surface area contributed by atoms with Crippen molar-refractivity contribution in [3.63, 3.8) is 0 Å². The molecule has 5 heteroatoms. The summed E-state index contributed by atoms with van der Waals surface area (Å²) >= 11 is 0. The van der Waals surface area contributed by atoms with Gasteiger partial charge in [0, 0.05) is 31.8 Å². The normalized spacial score (nSPS) is 11.0. The minimum Gasteiger partial charge on any atom is -0.389 e. The Morgan fingerprint density at radius 3 is 2.21 bits per heavy atom. The number of benzene rings is 1. The monoisotopic (exact) mass is 264 g/mol. The lowest BCUT2D eigenvalue weighted by atomic mass is 10.1. The lowest BCUT2D eigenvalue weighted by Gasteiger charge is -2.25. The first-order chi connectivity index (χ1) is 8.69. The number of carbonyl (C=O) groups excluding carboxylic acids is 2. The molecule has 0 aliphatic carbocycles. The number of anilines is 1. The molecule has 0 radical (unpaired) electrons. The van der Waals surface area contributed by atoms with Gasteiger partial charge in [-0.1, -0.05) is 0 Å². The highest BCUT2D eigenvalue weighted by molar-refractivity contribution is 5.95. The second-order valence-corrected chi connectivity index (χ2v) is 5.23. The Kier molecular flexibility index (Phi) is 4.67. The van der Waals surface area contributed by atoms with Crippen LogP contribution >= 0.6 is 0 Å². The van der Waals surface area contributed by atoms with Crippen molar-refractivity contribution in [2.45, 2.75) is 26.4 Å². The van der Waals surface area contributed by atoms with E-state index in [1.54, 1.807) is 45.2 Å². The van der Waals surface area contributed by atoms with Gasteiger partial charge in [0.25, 0.3) is 5.91 Å². The molecule has 0 heterocycles. The molecule has 19 heavy (non-hydrogen) atoms. The first kappa shape index (κ1) is 15.2. The summed E-state index contributed by atoms with van der Waals surface area (Å²) in [7, 11) is 1.64. The highest BCUT2D eigenvalue weighted by Crippen LogP contribution is 2.12. The zero-order chi connectivity index (χ0) is 14.6. The fourth-order valence-electron chi connectivity index (χ4n) is 1.77. The molecule has 0 unspecified atom stereocenters. The van der Waals surface area contributed by atoms with Gasteiger partial charge in [-0.25, -0.2) is 0 Å². The molecule has 104 valence electrons. The highest BCUT2D eigenvalue weighted by Gasteiger charge is 2.20. The summed E-state index contributed by atoms with van der Waals surface area (Å²) in [5, 5.41) is 12.3. The Balaban J connectivity index is 2.75. The number of hydrogen-bond acceptors (Lipinski definition) is 3. The van der Waals surface area contributed by atoms with Crippen molar-refractivity contribution < 1.29 is 14.7 Å². The van der Waals surface area contributed by atoms with Crippen molar-refractivity contribution in [1.82, 2.24) is 4.90 Å². The topological polar surface area (TPSA) is 69.6 Å². The number of nitrogens with one attached hydrogen (secondary N) is 1.